The summed E-state index contributed by atoms with van der Waals surface area (Å²) >= 11 is 0. The van der Waals surface area contributed by atoms with Gasteiger partial charge in [-0.25, -0.2) is 9.59 Å². The fourth-order valence-electron chi connectivity index (χ4n) is 1.33. The van der Waals surface area contributed by atoms with Gasteiger partial charge in [0, 0.05) is 11.6 Å². The predicted octanol–water partition coefficient (Wildman–Crippen LogP) is 3.33. The van der Waals surface area contributed by atoms with Crippen LogP contribution in [0.4, 0.5) is 0 Å². The Labute approximate surface area is 151 Å². The molecule has 0 aliphatic carbocycles. The van der Waals surface area contributed by atoms with Gasteiger partial charge in [0.05, 0.1) is 13.7 Å². The van der Waals surface area contributed by atoms with E-state index in [1.807, 2.05) is 0 Å². The lowest BCUT2D eigenvalue weighted by Gasteiger charge is -2.13. The summed E-state index contributed by atoms with van der Waals surface area (Å²) in [4.78, 5) is 30.4. The molecule has 0 saturated carbocycles. The van der Waals surface area contributed by atoms with Gasteiger partial charge in [-0.3, -0.25) is 4.79 Å². The average Bonchev–Trinajstić information content (AvgIpc) is 2.61. The minimum atomic E-state index is -0.481. The Balaban J connectivity index is -0.000000337. The van der Waals surface area contributed by atoms with Crippen LogP contribution in [0.25, 0.3) is 0 Å². The smallest absolute Gasteiger partial charge is 0.332 e. The van der Waals surface area contributed by atoms with Gasteiger partial charge in [-0.1, -0.05) is 52.8 Å². The van der Waals surface area contributed by atoms with Gasteiger partial charge in [-0.2, -0.15) is 0 Å². The molecule has 0 aliphatic rings. The Morgan fingerprint density at radius 2 is 1.68 bits per heavy atom. The van der Waals surface area contributed by atoms with E-state index >= 15 is 0 Å². The first-order valence-electron chi connectivity index (χ1n) is 8.14. The number of primary amides is 1. The van der Waals surface area contributed by atoms with E-state index in [0.29, 0.717) is 18.1 Å². The maximum absolute atomic E-state index is 10.8. The van der Waals surface area contributed by atoms with Gasteiger partial charge in [-0.05, 0) is 25.3 Å². The van der Waals surface area contributed by atoms with Crippen LogP contribution in [0.1, 0.15) is 46.5 Å². The summed E-state index contributed by atoms with van der Waals surface area (Å²) in [5.74, 6) is -0.621. The standard InChI is InChI=1S/C11H20O2.C5H8O2.C3H5NO/c1-4-7-8-10(5-2)9-13-11(12)6-3;1-4(2)5(6)7-3;1-2-3(4)5/h6,10H,3-5,7-9H2,1-2H3;1H2,2-3H3;2H,1H2,(H2,4,5). The summed E-state index contributed by atoms with van der Waals surface area (Å²) in [6.45, 7) is 16.2. The summed E-state index contributed by atoms with van der Waals surface area (Å²) < 4.78 is 9.26. The minimum Gasteiger partial charge on any atom is -0.466 e. The lowest BCUT2D eigenvalue weighted by molar-refractivity contribution is -0.139. The van der Waals surface area contributed by atoms with Crippen molar-refractivity contribution >= 4 is 17.8 Å². The van der Waals surface area contributed by atoms with Crippen molar-refractivity contribution in [2.24, 2.45) is 11.7 Å². The van der Waals surface area contributed by atoms with E-state index in [4.69, 9.17) is 4.74 Å². The van der Waals surface area contributed by atoms with Gasteiger partial charge in [0.15, 0.2) is 0 Å². The number of nitrogens with two attached hydrogens (primary N) is 1. The van der Waals surface area contributed by atoms with Gasteiger partial charge >= 0.3 is 11.9 Å². The average molecular weight is 355 g/mol. The SMILES string of the molecule is C=C(C)C(=O)OC.C=CC(=O)OCC(CC)CCCC.C=CC(N)=O. The van der Waals surface area contributed by atoms with Crippen molar-refractivity contribution in [3.63, 3.8) is 0 Å². The molecule has 0 spiro atoms. The van der Waals surface area contributed by atoms with Crippen LogP contribution in [-0.2, 0) is 23.9 Å². The van der Waals surface area contributed by atoms with Crippen molar-refractivity contribution in [2.75, 3.05) is 13.7 Å². The van der Waals surface area contributed by atoms with Gasteiger partial charge in [-0.15, -0.1) is 0 Å². The Bertz CT molecular complexity index is 430. The molecule has 0 saturated heterocycles. The van der Waals surface area contributed by atoms with Crippen LogP contribution in [0.5, 0.6) is 0 Å². The molecule has 0 heterocycles. The van der Waals surface area contributed by atoms with E-state index in [-0.39, 0.29) is 11.9 Å². The number of esters is 2. The zero-order valence-electron chi connectivity index (χ0n) is 16.0. The highest BCUT2D eigenvalue weighted by Crippen LogP contribution is 2.12. The first-order valence-corrected chi connectivity index (χ1v) is 8.14. The van der Waals surface area contributed by atoms with Crippen LogP contribution in [0, 0.1) is 5.92 Å². The van der Waals surface area contributed by atoms with Crippen molar-refractivity contribution in [3.8, 4) is 0 Å². The molecule has 2 N–H and O–H groups in total. The third-order valence-corrected chi connectivity index (χ3v) is 2.91. The van der Waals surface area contributed by atoms with Gasteiger partial charge in [0.25, 0.3) is 0 Å². The molecule has 0 aliphatic heterocycles. The molecule has 1 atom stereocenters. The number of amides is 1. The van der Waals surface area contributed by atoms with E-state index < -0.39 is 5.91 Å². The molecule has 144 valence electrons. The molecular formula is C19H33NO5. The predicted molar refractivity (Wildman–Crippen MR) is 101 cm³/mol. The maximum Gasteiger partial charge on any atom is 0.332 e. The number of rotatable bonds is 9. The molecule has 0 fully saturated rings. The van der Waals surface area contributed by atoms with Crippen molar-refractivity contribution in [1.82, 2.24) is 0 Å². The molecule has 0 radical (unpaired) electrons. The van der Waals surface area contributed by atoms with E-state index in [0.717, 1.165) is 18.9 Å². The molecule has 0 aromatic heterocycles. The van der Waals surface area contributed by atoms with Crippen LogP contribution in [0.2, 0.25) is 0 Å². The highest BCUT2D eigenvalue weighted by molar-refractivity contribution is 5.86. The number of methoxy groups -OCH3 is 1. The minimum absolute atomic E-state index is 0.310. The lowest BCUT2D eigenvalue weighted by Crippen LogP contribution is -2.12. The highest BCUT2D eigenvalue weighted by Gasteiger charge is 2.07. The second-order valence-corrected chi connectivity index (χ2v) is 5.13. The second kappa shape index (κ2) is 19.7. The molecule has 25 heavy (non-hydrogen) atoms. The van der Waals surface area contributed by atoms with Crippen molar-refractivity contribution in [1.29, 1.82) is 0 Å². The fraction of sp³-hybridized carbons (Fsp3) is 0.526. The molecule has 0 bridgehead atoms. The summed E-state index contributed by atoms with van der Waals surface area (Å²) in [6.07, 6.45) is 6.91. The van der Waals surface area contributed by atoms with Crippen LogP contribution in [0.3, 0.4) is 0 Å². The quantitative estimate of drug-likeness (QED) is 0.505. The summed E-state index contributed by atoms with van der Waals surface area (Å²) in [5.41, 5.74) is 4.97. The number of ether oxygens (including phenoxy) is 2. The first kappa shape index (κ1) is 27.5. The monoisotopic (exact) mass is 355 g/mol. The molecule has 1 unspecified atom stereocenters. The molecule has 6 nitrogen and oxygen atoms in total. The van der Waals surface area contributed by atoms with Crippen LogP contribution in [-0.4, -0.2) is 31.6 Å². The molecular weight excluding hydrogens is 322 g/mol. The lowest BCUT2D eigenvalue weighted by atomic mass is 10.0. The number of hydrogen-bond donors (Lipinski definition) is 1. The fourth-order valence-corrected chi connectivity index (χ4v) is 1.33. The second-order valence-electron chi connectivity index (χ2n) is 5.13. The summed E-state index contributed by atoms with van der Waals surface area (Å²) in [5, 5.41) is 0. The summed E-state index contributed by atoms with van der Waals surface area (Å²) in [7, 11) is 1.33. The Hall–Kier alpha value is -2.37. The number of hydrogen-bond acceptors (Lipinski definition) is 5. The third kappa shape index (κ3) is 24.0. The van der Waals surface area contributed by atoms with Gasteiger partial charge in [0.2, 0.25) is 5.91 Å². The molecule has 6 heteroatoms. The van der Waals surface area contributed by atoms with Crippen molar-refractivity contribution in [2.45, 2.75) is 46.5 Å². The number of carbonyl (C=O) groups excluding carboxylic acids is 3. The number of unbranched alkanes of at least 4 members (excludes halogenated alkanes) is 1. The molecule has 0 rings (SSSR count). The Kier molecular flexibility index (Phi) is 21.6. The van der Waals surface area contributed by atoms with Crippen LogP contribution >= 0.6 is 0 Å². The first-order chi connectivity index (χ1) is 11.7. The highest BCUT2D eigenvalue weighted by atomic mass is 16.5. The van der Waals surface area contributed by atoms with Crippen molar-refractivity contribution < 1.29 is 23.9 Å². The largest absolute Gasteiger partial charge is 0.466 e. The summed E-state index contributed by atoms with van der Waals surface area (Å²) in [6, 6.07) is 0. The maximum atomic E-state index is 10.8. The topological polar surface area (TPSA) is 95.7 Å². The van der Waals surface area contributed by atoms with E-state index in [2.05, 4.69) is 44.1 Å². The van der Waals surface area contributed by atoms with Crippen molar-refractivity contribution in [3.05, 3.63) is 37.5 Å². The molecule has 0 aromatic rings. The zero-order valence-corrected chi connectivity index (χ0v) is 16.0. The normalized spacial score (nSPS) is 9.76. The molecule has 0 aromatic carbocycles. The third-order valence-electron chi connectivity index (χ3n) is 2.91. The van der Waals surface area contributed by atoms with E-state index in [1.54, 1.807) is 6.92 Å². The van der Waals surface area contributed by atoms with E-state index in [1.165, 1.54) is 26.0 Å². The zero-order chi connectivity index (χ0) is 20.3. The van der Waals surface area contributed by atoms with Gasteiger partial charge < -0.3 is 15.2 Å². The van der Waals surface area contributed by atoms with Crippen LogP contribution < -0.4 is 5.73 Å². The number of carbonyl (C=O) groups is 3. The Morgan fingerprint density at radius 3 is 1.92 bits per heavy atom. The van der Waals surface area contributed by atoms with Crippen LogP contribution in [0.15, 0.2) is 37.5 Å². The molecule has 1 amide bonds. The van der Waals surface area contributed by atoms with Gasteiger partial charge in [0.1, 0.15) is 0 Å². The van der Waals surface area contributed by atoms with E-state index in [9.17, 15) is 14.4 Å². The Morgan fingerprint density at radius 1 is 1.16 bits per heavy atom.